The first kappa shape index (κ1) is 14.6. The van der Waals surface area contributed by atoms with E-state index >= 15 is 0 Å². The van der Waals surface area contributed by atoms with Crippen LogP contribution in [0.1, 0.15) is 38.3 Å². The minimum absolute atomic E-state index is 0.147. The second-order valence-corrected chi connectivity index (χ2v) is 4.87. The molecule has 1 aromatic carbocycles. The molecule has 1 unspecified atom stereocenters. The van der Waals surface area contributed by atoms with Crippen LogP contribution in [0.15, 0.2) is 30.4 Å². The van der Waals surface area contributed by atoms with Crippen molar-refractivity contribution in [3.05, 3.63) is 46.0 Å². The average Bonchev–Trinajstić information content (AvgIpc) is 2.28. The van der Waals surface area contributed by atoms with Crippen molar-refractivity contribution in [1.29, 1.82) is 0 Å². The van der Waals surface area contributed by atoms with Gasteiger partial charge < -0.3 is 5.32 Å². The van der Waals surface area contributed by atoms with Crippen LogP contribution in [0.5, 0.6) is 0 Å². The van der Waals surface area contributed by atoms with Crippen LogP contribution >= 0.6 is 23.2 Å². The summed E-state index contributed by atoms with van der Waals surface area (Å²) >= 11 is 12.5. The zero-order chi connectivity index (χ0) is 12.8. The third-order valence-electron chi connectivity index (χ3n) is 2.79. The number of rotatable bonds is 6. The third-order valence-corrected chi connectivity index (χ3v) is 3.45. The molecule has 94 valence electrons. The standard InChI is InChI=1S/C14H19Cl2N/c1-4-10(3)9-13(17-5-2)14-11(15)7-6-8-12(14)16/h6-8,13,17H,3-5,9H2,1-2H3. The first-order valence-corrected chi connectivity index (χ1v) is 6.69. The summed E-state index contributed by atoms with van der Waals surface area (Å²) in [6, 6.07) is 5.77. The molecule has 0 aliphatic heterocycles. The van der Waals surface area contributed by atoms with Crippen LogP contribution in [0, 0.1) is 0 Å². The zero-order valence-electron chi connectivity index (χ0n) is 10.4. The summed E-state index contributed by atoms with van der Waals surface area (Å²) in [7, 11) is 0. The topological polar surface area (TPSA) is 12.0 Å². The Bertz CT molecular complexity index is 368. The number of hydrogen-bond donors (Lipinski definition) is 1. The second-order valence-electron chi connectivity index (χ2n) is 4.05. The van der Waals surface area contributed by atoms with E-state index in [-0.39, 0.29) is 6.04 Å². The Labute approximate surface area is 114 Å². The van der Waals surface area contributed by atoms with Crippen molar-refractivity contribution in [3.8, 4) is 0 Å². The Morgan fingerprint density at radius 3 is 2.35 bits per heavy atom. The molecular formula is C14H19Cl2N. The van der Waals surface area contributed by atoms with Crippen LogP contribution in [0.25, 0.3) is 0 Å². The number of halogens is 2. The molecule has 1 atom stereocenters. The van der Waals surface area contributed by atoms with E-state index in [1.165, 1.54) is 5.57 Å². The van der Waals surface area contributed by atoms with E-state index in [4.69, 9.17) is 23.2 Å². The predicted molar refractivity (Wildman–Crippen MR) is 76.9 cm³/mol. The lowest BCUT2D eigenvalue weighted by Gasteiger charge is -2.21. The van der Waals surface area contributed by atoms with Crippen molar-refractivity contribution >= 4 is 23.2 Å². The summed E-state index contributed by atoms with van der Waals surface area (Å²) in [5.74, 6) is 0. The molecule has 0 amide bonds. The highest BCUT2D eigenvalue weighted by atomic mass is 35.5. The van der Waals surface area contributed by atoms with Gasteiger partial charge in [0, 0.05) is 21.7 Å². The fourth-order valence-corrected chi connectivity index (χ4v) is 2.46. The number of hydrogen-bond acceptors (Lipinski definition) is 1. The van der Waals surface area contributed by atoms with Gasteiger partial charge in [-0.25, -0.2) is 0 Å². The highest BCUT2D eigenvalue weighted by Gasteiger charge is 2.17. The Morgan fingerprint density at radius 1 is 1.29 bits per heavy atom. The summed E-state index contributed by atoms with van der Waals surface area (Å²) in [6.45, 7) is 9.12. The number of nitrogens with one attached hydrogen (secondary N) is 1. The lowest BCUT2D eigenvalue weighted by molar-refractivity contribution is 0.543. The van der Waals surface area contributed by atoms with Crippen LogP contribution in [-0.2, 0) is 0 Å². The van der Waals surface area contributed by atoms with Crippen molar-refractivity contribution in [2.75, 3.05) is 6.54 Å². The maximum atomic E-state index is 6.23. The predicted octanol–water partition coefficient (Wildman–Crippen LogP) is 5.00. The van der Waals surface area contributed by atoms with Gasteiger partial charge in [0.25, 0.3) is 0 Å². The van der Waals surface area contributed by atoms with E-state index < -0.39 is 0 Å². The molecule has 1 rings (SSSR count). The Morgan fingerprint density at radius 2 is 1.88 bits per heavy atom. The van der Waals surface area contributed by atoms with Gasteiger partial charge in [-0.1, -0.05) is 55.3 Å². The first-order chi connectivity index (χ1) is 8.10. The van der Waals surface area contributed by atoms with Crippen molar-refractivity contribution in [1.82, 2.24) is 5.32 Å². The van der Waals surface area contributed by atoms with E-state index in [1.807, 2.05) is 18.2 Å². The molecule has 1 nitrogen and oxygen atoms in total. The maximum absolute atomic E-state index is 6.23. The van der Waals surface area contributed by atoms with Gasteiger partial charge in [0.15, 0.2) is 0 Å². The monoisotopic (exact) mass is 271 g/mol. The van der Waals surface area contributed by atoms with Gasteiger partial charge in [-0.15, -0.1) is 0 Å². The summed E-state index contributed by atoms with van der Waals surface area (Å²) in [4.78, 5) is 0. The van der Waals surface area contributed by atoms with Gasteiger partial charge in [-0.2, -0.15) is 0 Å². The molecular weight excluding hydrogens is 253 g/mol. The van der Waals surface area contributed by atoms with Crippen molar-refractivity contribution in [3.63, 3.8) is 0 Å². The van der Waals surface area contributed by atoms with E-state index in [9.17, 15) is 0 Å². The molecule has 0 aliphatic rings. The Kier molecular flexibility index (Phi) is 6.04. The van der Waals surface area contributed by atoms with Gasteiger partial charge in [-0.3, -0.25) is 0 Å². The molecule has 0 saturated carbocycles. The van der Waals surface area contributed by atoms with Gasteiger partial charge in [0.05, 0.1) is 0 Å². The van der Waals surface area contributed by atoms with E-state index in [1.54, 1.807) is 0 Å². The van der Waals surface area contributed by atoms with E-state index in [0.29, 0.717) is 10.0 Å². The quantitative estimate of drug-likeness (QED) is 0.718. The molecule has 0 saturated heterocycles. The molecule has 0 radical (unpaired) electrons. The van der Waals surface area contributed by atoms with Gasteiger partial charge in [0.2, 0.25) is 0 Å². The van der Waals surface area contributed by atoms with Gasteiger partial charge in [-0.05, 0) is 31.5 Å². The van der Waals surface area contributed by atoms with Crippen LogP contribution in [-0.4, -0.2) is 6.54 Å². The van der Waals surface area contributed by atoms with E-state index in [0.717, 1.165) is 24.9 Å². The SMILES string of the molecule is C=C(CC)CC(NCC)c1c(Cl)cccc1Cl. The van der Waals surface area contributed by atoms with Crippen molar-refractivity contribution in [2.24, 2.45) is 0 Å². The fourth-order valence-electron chi connectivity index (χ4n) is 1.80. The average molecular weight is 272 g/mol. The lowest BCUT2D eigenvalue weighted by Crippen LogP contribution is -2.22. The Hall–Kier alpha value is -0.500. The molecule has 0 aliphatic carbocycles. The molecule has 17 heavy (non-hydrogen) atoms. The van der Waals surface area contributed by atoms with Gasteiger partial charge >= 0.3 is 0 Å². The summed E-state index contributed by atoms with van der Waals surface area (Å²) in [5, 5.41) is 4.85. The number of benzene rings is 1. The fraction of sp³-hybridized carbons (Fsp3) is 0.429. The van der Waals surface area contributed by atoms with E-state index in [2.05, 4.69) is 25.7 Å². The third kappa shape index (κ3) is 4.02. The van der Waals surface area contributed by atoms with Crippen LogP contribution in [0.2, 0.25) is 10.0 Å². The molecule has 0 aromatic heterocycles. The zero-order valence-corrected chi connectivity index (χ0v) is 11.9. The second kappa shape index (κ2) is 7.05. The molecule has 3 heteroatoms. The summed E-state index contributed by atoms with van der Waals surface area (Å²) in [6.07, 6.45) is 1.84. The van der Waals surface area contributed by atoms with Gasteiger partial charge in [0.1, 0.15) is 0 Å². The molecule has 0 heterocycles. The highest BCUT2D eigenvalue weighted by Crippen LogP contribution is 2.33. The lowest BCUT2D eigenvalue weighted by atomic mass is 9.98. The minimum atomic E-state index is 0.147. The molecule has 0 fully saturated rings. The Balaban J connectivity index is 3.00. The smallest absolute Gasteiger partial charge is 0.0468 e. The largest absolute Gasteiger partial charge is 0.310 e. The van der Waals surface area contributed by atoms with Crippen LogP contribution in [0.3, 0.4) is 0 Å². The first-order valence-electron chi connectivity index (χ1n) is 5.94. The van der Waals surface area contributed by atoms with Crippen molar-refractivity contribution < 1.29 is 0 Å². The van der Waals surface area contributed by atoms with Crippen LogP contribution in [0.4, 0.5) is 0 Å². The molecule has 1 N–H and O–H groups in total. The summed E-state index contributed by atoms with van der Waals surface area (Å²) in [5.41, 5.74) is 2.18. The molecule has 0 spiro atoms. The highest BCUT2D eigenvalue weighted by molar-refractivity contribution is 6.36. The van der Waals surface area contributed by atoms with Crippen LogP contribution < -0.4 is 5.32 Å². The van der Waals surface area contributed by atoms with Crippen molar-refractivity contribution in [2.45, 2.75) is 32.7 Å². The minimum Gasteiger partial charge on any atom is -0.310 e. The normalized spacial score (nSPS) is 12.5. The molecule has 1 aromatic rings. The summed E-state index contributed by atoms with van der Waals surface area (Å²) < 4.78 is 0. The molecule has 0 bridgehead atoms. The maximum Gasteiger partial charge on any atom is 0.0468 e.